The minimum atomic E-state index is 0.785. The molecule has 0 saturated heterocycles. The van der Waals surface area contributed by atoms with Crippen LogP contribution in [0.3, 0.4) is 0 Å². The van der Waals surface area contributed by atoms with Crippen molar-refractivity contribution < 1.29 is 0 Å². The van der Waals surface area contributed by atoms with Gasteiger partial charge in [0.1, 0.15) is 5.82 Å². The Hall–Kier alpha value is -3.41. The average molecular weight is 344 g/mol. The number of hydrogen-bond acceptors (Lipinski definition) is 5. The highest BCUT2D eigenvalue weighted by Gasteiger charge is 2.09. The molecule has 130 valence electrons. The van der Waals surface area contributed by atoms with Crippen LogP contribution in [0.4, 0.5) is 11.5 Å². The number of hydrogen-bond donors (Lipinski definition) is 2. The third-order valence-corrected chi connectivity index (χ3v) is 4.24. The van der Waals surface area contributed by atoms with Crippen molar-refractivity contribution in [1.29, 1.82) is 0 Å². The lowest BCUT2D eigenvalue weighted by atomic mass is 10.2. The van der Waals surface area contributed by atoms with E-state index in [0.717, 1.165) is 42.2 Å². The van der Waals surface area contributed by atoms with Crippen molar-refractivity contribution in [2.75, 3.05) is 23.3 Å². The number of aromatic nitrogens is 4. The maximum absolute atomic E-state index is 4.52. The van der Waals surface area contributed by atoms with Gasteiger partial charge in [-0.05, 0) is 23.8 Å². The van der Waals surface area contributed by atoms with Crippen molar-refractivity contribution in [3.63, 3.8) is 0 Å². The van der Waals surface area contributed by atoms with E-state index in [9.17, 15) is 0 Å². The number of rotatable bonds is 7. The first-order valence-electron chi connectivity index (χ1n) is 8.62. The molecule has 0 unspecified atom stereocenters. The number of anilines is 2. The first kappa shape index (κ1) is 16.1. The maximum Gasteiger partial charge on any atom is 0.157 e. The fourth-order valence-corrected chi connectivity index (χ4v) is 2.95. The smallest absolute Gasteiger partial charge is 0.157 e. The predicted octanol–water partition coefficient (Wildman–Crippen LogP) is 3.47. The Kier molecular flexibility index (Phi) is 4.73. The Morgan fingerprint density at radius 1 is 0.923 bits per heavy atom. The summed E-state index contributed by atoms with van der Waals surface area (Å²) in [5.74, 6) is 0.973. The van der Waals surface area contributed by atoms with Gasteiger partial charge in [-0.3, -0.25) is 5.10 Å². The van der Waals surface area contributed by atoms with Crippen LogP contribution < -0.4 is 10.2 Å². The monoisotopic (exact) mass is 344 g/mol. The molecule has 0 aliphatic rings. The molecule has 6 nitrogen and oxygen atoms in total. The third kappa shape index (κ3) is 3.64. The van der Waals surface area contributed by atoms with Crippen molar-refractivity contribution in [2.24, 2.45) is 0 Å². The maximum atomic E-state index is 4.52. The zero-order valence-corrected chi connectivity index (χ0v) is 14.3. The molecule has 0 amide bonds. The number of nitrogens with one attached hydrogen (secondary N) is 2. The van der Waals surface area contributed by atoms with Gasteiger partial charge in [-0.15, -0.1) is 0 Å². The number of nitrogens with zero attached hydrogens (tertiary/aromatic N) is 4. The number of pyridine rings is 2. The largest absolute Gasteiger partial charge is 0.383 e. The van der Waals surface area contributed by atoms with E-state index in [1.165, 1.54) is 5.56 Å². The lowest BCUT2D eigenvalue weighted by Crippen LogP contribution is -2.29. The summed E-state index contributed by atoms with van der Waals surface area (Å²) in [6, 6.07) is 18.4. The van der Waals surface area contributed by atoms with Crippen molar-refractivity contribution in [2.45, 2.75) is 6.54 Å². The summed E-state index contributed by atoms with van der Waals surface area (Å²) in [5, 5.41) is 11.4. The molecule has 0 bridgehead atoms. The Labute approximate surface area is 151 Å². The zero-order valence-electron chi connectivity index (χ0n) is 14.3. The van der Waals surface area contributed by atoms with E-state index < -0.39 is 0 Å². The molecule has 0 aliphatic carbocycles. The molecule has 3 heterocycles. The van der Waals surface area contributed by atoms with Crippen molar-refractivity contribution in [1.82, 2.24) is 20.2 Å². The van der Waals surface area contributed by atoms with Gasteiger partial charge in [0.25, 0.3) is 0 Å². The van der Waals surface area contributed by atoms with E-state index in [2.05, 4.69) is 54.6 Å². The molecule has 0 atom stereocenters. The van der Waals surface area contributed by atoms with E-state index in [1.54, 1.807) is 12.4 Å². The quantitative estimate of drug-likeness (QED) is 0.537. The van der Waals surface area contributed by atoms with Gasteiger partial charge in [0, 0.05) is 37.7 Å². The average Bonchev–Trinajstić information content (AvgIpc) is 3.18. The predicted molar refractivity (Wildman–Crippen MR) is 104 cm³/mol. The Bertz CT molecular complexity index is 952. The summed E-state index contributed by atoms with van der Waals surface area (Å²) in [6.45, 7) is 2.43. The molecule has 6 heteroatoms. The van der Waals surface area contributed by atoms with Gasteiger partial charge in [-0.1, -0.05) is 36.4 Å². The second-order valence-corrected chi connectivity index (χ2v) is 6.01. The summed E-state index contributed by atoms with van der Waals surface area (Å²) < 4.78 is 0. The fraction of sp³-hybridized carbons (Fsp3) is 0.150. The van der Waals surface area contributed by atoms with E-state index in [1.807, 2.05) is 36.5 Å². The minimum Gasteiger partial charge on any atom is -0.383 e. The fourth-order valence-electron chi connectivity index (χ4n) is 2.95. The van der Waals surface area contributed by atoms with Crippen LogP contribution in [0.5, 0.6) is 0 Å². The first-order valence-corrected chi connectivity index (χ1v) is 8.62. The third-order valence-electron chi connectivity index (χ3n) is 4.24. The molecule has 3 aromatic heterocycles. The summed E-state index contributed by atoms with van der Waals surface area (Å²) in [7, 11) is 0. The van der Waals surface area contributed by atoms with Crippen LogP contribution in [-0.2, 0) is 6.54 Å². The summed E-state index contributed by atoms with van der Waals surface area (Å²) >= 11 is 0. The molecule has 4 rings (SSSR count). The van der Waals surface area contributed by atoms with Gasteiger partial charge < -0.3 is 10.2 Å². The van der Waals surface area contributed by atoms with Crippen LogP contribution in [0.25, 0.3) is 11.0 Å². The van der Waals surface area contributed by atoms with Gasteiger partial charge in [0.2, 0.25) is 0 Å². The highest BCUT2D eigenvalue weighted by atomic mass is 15.2. The minimum absolute atomic E-state index is 0.785. The van der Waals surface area contributed by atoms with Gasteiger partial charge in [-0.2, -0.15) is 5.10 Å². The summed E-state index contributed by atoms with van der Waals surface area (Å²) in [6.07, 6.45) is 5.41. The highest BCUT2D eigenvalue weighted by Crippen LogP contribution is 2.19. The van der Waals surface area contributed by atoms with Crippen LogP contribution in [0, 0.1) is 0 Å². The Morgan fingerprint density at radius 3 is 2.65 bits per heavy atom. The molecule has 0 saturated carbocycles. The lowest BCUT2D eigenvalue weighted by Gasteiger charge is -2.24. The normalized spacial score (nSPS) is 10.8. The molecular formula is C20H20N6. The van der Waals surface area contributed by atoms with Crippen LogP contribution in [0.1, 0.15) is 5.56 Å². The zero-order chi connectivity index (χ0) is 17.6. The summed E-state index contributed by atoms with van der Waals surface area (Å²) in [5.41, 5.74) is 3.09. The SMILES string of the molecule is c1ccc(CN(CCNc2ccnc3[nH]ncc23)c2ccccn2)cc1. The van der Waals surface area contributed by atoms with E-state index in [0.29, 0.717) is 0 Å². The molecule has 26 heavy (non-hydrogen) atoms. The standard InChI is InChI=1S/C20H20N6/c1-2-6-16(7-3-1)15-26(19-8-4-5-10-22-19)13-12-21-18-9-11-23-20-17(18)14-24-25-20/h1-11,14H,12-13,15H2,(H2,21,23,24,25). The van der Waals surface area contributed by atoms with Gasteiger partial charge in [0.05, 0.1) is 11.6 Å². The molecule has 0 aliphatic heterocycles. The van der Waals surface area contributed by atoms with Crippen molar-refractivity contribution >= 4 is 22.5 Å². The molecule has 0 fully saturated rings. The lowest BCUT2D eigenvalue weighted by molar-refractivity contribution is 0.790. The van der Waals surface area contributed by atoms with Crippen LogP contribution in [0.2, 0.25) is 0 Å². The Balaban J connectivity index is 1.47. The van der Waals surface area contributed by atoms with E-state index in [4.69, 9.17) is 0 Å². The van der Waals surface area contributed by atoms with Gasteiger partial charge in [-0.25, -0.2) is 9.97 Å². The number of fused-ring (bicyclic) bond motifs is 1. The Morgan fingerprint density at radius 2 is 1.81 bits per heavy atom. The molecular weight excluding hydrogens is 324 g/mol. The number of H-pyrrole nitrogens is 1. The topological polar surface area (TPSA) is 69.7 Å². The van der Waals surface area contributed by atoms with E-state index >= 15 is 0 Å². The highest BCUT2D eigenvalue weighted by molar-refractivity contribution is 5.87. The van der Waals surface area contributed by atoms with Crippen molar-refractivity contribution in [3.8, 4) is 0 Å². The number of benzene rings is 1. The second kappa shape index (κ2) is 7.65. The second-order valence-electron chi connectivity index (χ2n) is 6.01. The summed E-state index contributed by atoms with van der Waals surface area (Å²) in [4.78, 5) is 11.1. The van der Waals surface area contributed by atoms with Crippen LogP contribution in [-0.4, -0.2) is 33.3 Å². The molecule has 1 aromatic carbocycles. The molecule has 0 spiro atoms. The van der Waals surface area contributed by atoms with Gasteiger partial charge >= 0.3 is 0 Å². The molecule has 0 radical (unpaired) electrons. The van der Waals surface area contributed by atoms with Crippen molar-refractivity contribution in [3.05, 3.63) is 78.8 Å². The van der Waals surface area contributed by atoms with Crippen LogP contribution >= 0.6 is 0 Å². The molecule has 2 N–H and O–H groups in total. The van der Waals surface area contributed by atoms with E-state index in [-0.39, 0.29) is 0 Å². The number of aromatic amines is 1. The van der Waals surface area contributed by atoms with Crippen LogP contribution in [0.15, 0.2) is 73.2 Å². The van der Waals surface area contributed by atoms with Gasteiger partial charge in [0.15, 0.2) is 5.65 Å². The first-order chi connectivity index (χ1) is 12.9. The molecule has 4 aromatic rings.